The molecule has 1 fully saturated rings. The van der Waals surface area contributed by atoms with Crippen molar-refractivity contribution in [3.63, 3.8) is 0 Å². The molecule has 0 radical (unpaired) electrons. The van der Waals surface area contributed by atoms with Crippen molar-refractivity contribution in [1.82, 2.24) is 9.80 Å². The summed E-state index contributed by atoms with van der Waals surface area (Å²) < 4.78 is 16.1. The van der Waals surface area contributed by atoms with E-state index in [9.17, 15) is 9.90 Å². The van der Waals surface area contributed by atoms with E-state index in [0.717, 1.165) is 11.1 Å². The number of hydrogen-bond acceptors (Lipinski definition) is 7. The van der Waals surface area contributed by atoms with Gasteiger partial charge < -0.3 is 24.2 Å². The first-order valence-electron chi connectivity index (χ1n) is 12.2. The van der Waals surface area contributed by atoms with E-state index in [2.05, 4.69) is 30.9 Å². The number of piperazine rings is 1. The molecule has 0 aliphatic carbocycles. The van der Waals surface area contributed by atoms with Gasteiger partial charge in [0.15, 0.2) is 11.5 Å². The van der Waals surface area contributed by atoms with E-state index < -0.39 is 6.10 Å². The Morgan fingerprint density at radius 1 is 0.946 bits per heavy atom. The Morgan fingerprint density at radius 3 is 2.00 bits per heavy atom. The molecule has 2 aromatic rings. The number of rotatable bonds is 10. The number of nitrogens with zero attached hydrogens (tertiary/aromatic N) is 2. The van der Waals surface area contributed by atoms with Crippen LogP contribution in [0.4, 0.5) is 0 Å². The van der Waals surface area contributed by atoms with Gasteiger partial charge in [0.05, 0.1) is 27.4 Å². The minimum atomic E-state index is -0.578. The highest BCUT2D eigenvalue weighted by Gasteiger charge is 2.27. The van der Waals surface area contributed by atoms with E-state index in [0.29, 0.717) is 48.7 Å². The summed E-state index contributed by atoms with van der Waals surface area (Å²) in [6, 6.07) is 11.7. The molecule has 7 nitrogen and oxygen atoms in total. The third-order valence-corrected chi connectivity index (χ3v) is 7.37. The van der Waals surface area contributed by atoms with Crippen molar-refractivity contribution in [2.75, 3.05) is 47.5 Å². The first kappa shape index (κ1) is 30.8. The van der Waals surface area contributed by atoms with Crippen molar-refractivity contribution < 1.29 is 24.1 Å². The number of benzene rings is 2. The van der Waals surface area contributed by atoms with Crippen molar-refractivity contribution in [2.45, 2.75) is 43.1 Å². The second-order valence-electron chi connectivity index (χ2n) is 9.07. The van der Waals surface area contributed by atoms with Gasteiger partial charge in [-0.05, 0) is 48.4 Å². The van der Waals surface area contributed by atoms with Gasteiger partial charge in [0.1, 0.15) is 0 Å². The van der Waals surface area contributed by atoms with Gasteiger partial charge in [-0.1, -0.05) is 26.0 Å². The van der Waals surface area contributed by atoms with Crippen LogP contribution in [0.1, 0.15) is 38.0 Å². The predicted octanol–water partition coefficient (Wildman–Crippen LogP) is 4.91. The summed E-state index contributed by atoms with van der Waals surface area (Å²) >= 11 is 1.81. The normalized spacial score (nSPS) is 15.8. The Labute approximate surface area is 231 Å². The number of methoxy groups -OCH3 is 3. The summed E-state index contributed by atoms with van der Waals surface area (Å²) in [5.41, 5.74) is 1.70. The molecular weight excluding hydrogens is 512 g/mol. The van der Waals surface area contributed by atoms with Gasteiger partial charge in [-0.2, -0.15) is 0 Å². The summed E-state index contributed by atoms with van der Waals surface area (Å²) in [6.07, 6.45) is 2.75. The SMILES string of the molecule is COc1cc(/C=C/C(=O)N2CCN(C(C)C(O)c3ccc(SC(C)C)cc3)CC2)cc(OC)c1OC.Cl. The fraction of sp³-hybridized carbons (Fsp3) is 0.464. The molecule has 37 heavy (non-hydrogen) atoms. The molecule has 1 N–H and O–H groups in total. The summed E-state index contributed by atoms with van der Waals surface area (Å²) in [4.78, 5) is 18.1. The summed E-state index contributed by atoms with van der Waals surface area (Å²) in [5, 5.41) is 11.5. The molecule has 2 aromatic carbocycles. The third-order valence-electron chi connectivity index (χ3n) is 6.36. The molecule has 0 saturated carbocycles. The van der Waals surface area contributed by atoms with Crippen LogP contribution in [0.5, 0.6) is 17.2 Å². The second kappa shape index (κ2) is 14.5. The number of hydrogen-bond donors (Lipinski definition) is 1. The molecule has 1 amide bonds. The van der Waals surface area contributed by atoms with Crippen LogP contribution in [0, 0.1) is 0 Å². The first-order valence-corrected chi connectivity index (χ1v) is 13.1. The van der Waals surface area contributed by atoms with Crippen LogP contribution >= 0.6 is 24.2 Å². The zero-order chi connectivity index (χ0) is 26.2. The lowest BCUT2D eigenvalue weighted by Gasteiger charge is -2.39. The van der Waals surface area contributed by atoms with Gasteiger partial charge in [0, 0.05) is 48.4 Å². The highest BCUT2D eigenvalue weighted by atomic mass is 35.5. The van der Waals surface area contributed by atoms with Crippen LogP contribution < -0.4 is 14.2 Å². The molecule has 204 valence electrons. The number of halogens is 1. The molecule has 2 atom stereocenters. The Balaban J connectivity index is 0.00000481. The van der Waals surface area contributed by atoms with E-state index in [1.807, 2.05) is 35.7 Å². The maximum Gasteiger partial charge on any atom is 0.246 e. The van der Waals surface area contributed by atoms with Gasteiger partial charge in [-0.15, -0.1) is 24.2 Å². The topological polar surface area (TPSA) is 71.5 Å². The van der Waals surface area contributed by atoms with Crippen molar-refractivity contribution in [1.29, 1.82) is 0 Å². The quantitative estimate of drug-likeness (QED) is 0.333. The van der Waals surface area contributed by atoms with Gasteiger partial charge >= 0.3 is 0 Å². The van der Waals surface area contributed by atoms with Crippen LogP contribution in [0.25, 0.3) is 6.08 Å². The number of carbonyl (C=O) groups excluding carboxylic acids is 1. The molecule has 2 unspecified atom stereocenters. The lowest BCUT2D eigenvalue weighted by molar-refractivity contribution is -0.128. The minimum absolute atomic E-state index is 0. The Morgan fingerprint density at radius 2 is 1.51 bits per heavy atom. The maximum absolute atomic E-state index is 12.8. The van der Waals surface area contributed by atoms with E-state index in [1.54, 1.807) is 45.6 Å². The molecule has 1 aliphatic heterocycles. The number of aliphatic hydroxyl groups excluding tert-OH is 1. The molecule has 9 heteroatoms. The third kappa shape index (κ3) is 8.04. The summed E-state index contributed by atoms with van der Waals surface area (Å²) in [6.45, 7) is 9.03. The van der Waals surface area contributed by atoms with Crippen molar-refractivity contribution in [3.8, 4) is 17.2 Å². The standard InChI is InChI=1S/C28H38N2O5S.ClH/c1-19(2)36-23-10-8-22(9-11-23)27(32)20(3)29-13-15-30(16-14-29)26(31)12-7-21-17-24(33-4)28(35-6)25(18-21)34-5;/h7-12,17-20,27,32H,13-16H2,1-6H3;1H/b12-7+;. The average Bonchev–Trinajstić information content (AvgIpc) is 2.90. The highest BCUT2D eigenvalue weighted by Crippen LogP contribution is 2.38. The van der Waals surface area contributed by atoms with Gasteiger partial charge in [0.25, 0.3) is 0 Å². The monoisotopic (exact) mass is 550 g/mol. The molecule has 1 saturated heterocycles. The smallest absolute Gasteiger partial charge is 0.246 e. The van der Waals surface area contributed by atoms with Crippen LogP contribution in [0.2, 0.25) is 0 Å². The van der Waals surface area contributed by atoms with E-state index in [1.165, 1.54) is 4.90 Å². The number of aliphatic hydroxyl groups is 1. The Kier molecular flexibility index (Phi) is 12.1. The lowest BCUT2D eigenvalue weighted by atomic mass is 10.0. The van der Waals surface area contributed by atoms with Gasteiger partial charge in [-0.25, -0.2) is 0 Å². The number of carbonyl (C=O) groups is 1. The number of thioether (sulfide) groups is 1. The first-order chi connectivity index (χ1) is 17.3. The zero-order valence-corrected chi connectivity index (χ0v) is 24.1. The Bertz CT molecular complexity index is 1010. The van der Waals surface area contributed by atoms with Gasteiger partial charge in [-0.3, -0.25) is 9.69 Å². The fourth-order valence-corrected chi connectivity index (χ4v) is 5.15. The van der Waals surface area contributed by atoms with Crippen molar-refractivity contribution in [3.05, 3.63) is 53.6 Å². The minimum Gasteiger partial charge on any atom is -0.493 e. The second-order valence-corrected chi connectivity index (χ2v) is 10.7. The fourth-order valence-electron chi connectivity index (χ4n) is 4.31. The molecular formula is C28H39ClN2O5S. The van der Waals surface area contributed by atoms with Crippen LogP contribution in [0.15, 0.2) is 47.4 Å². The zero-order valence-electron chi connectivity index (χ0n) is 22.5. The van der Waals surface area contributed by atoms with Gasteiger partial charge in [0.2, 0.25) is 11.7 Å². The number of amides is 1. The van der Waals surface area contributed by atoms with Crippen molar-refractivity contribution >= 4 is 36.2 Å². The van der Waals surface area contributed by atoms with E-state index in [-0.39, 0.29) is 24.4 Å². The molecule has 3 rings (SSSR count). The van der Waals surface area contributed by atoms with Crippen molar-refractivity contribution in [2.24, 2.45) is 0 Å². The number of ether oxygens (including phenoxy) is 3. The summed E-state index contributed by atoms with van der Waals surface area (Å²) in [7, 11) is 4.68. The van der Waals surface area contributed by atoms with Crippen LogP contribution in [0.3, 0.4) is 0 Å². The highest BCUT2D eigenvalue weighted by molar-refractivity contribution is 7.99. The Hall–Kier alpha value is -2.39. The van der Waals surface area contributed by atoms with E-state index in [4.69, 9.17) is 14.2 Å². The average molecular weight is 551 g/mol. The molecule has 0 bridgehead atoms. The largest absolute Gasteiger partial charge is 0.493 e. The van der Waals surface area contributed by atoms with Crippen LogP contribution in [-0.2, 0) is 4.79 Å². The molecule has 1 aliphatic rings. The summed E-state index contributed by atoms with van der Waals surface area (Å²) in [5.74, 6) is 1.55. The molecule has 0 aromatic heterocycles. The molecule has 1 heterocycles. The maximum atomic E-state index is 12.8. The lowest BCUT2D eigenvalue weighted by Crippen LogP contribution is -2.52. The predicted molar refractivity (Wildman–Crippen MR) is 152 cm³/mol. The molecule has 0 spiro atoms. The van der Waals surface area contributed by atoms with Crippen LogP contribution in [-0.4, -0.2) is 79.6 Å². The van der Waals surface area contributed by atoms with E-state index >= 15 is 0 Å².